The van der Waals surface area contributed by atoms with Crippen LogP contribution in [-0.2, 0) is 16.1 Å². The number of nitrogens with zero attached hydrogens (tertiary/aromatic N) is 1. The van der Waals surface area contributed by atoms with Gasteiger partial charge in [-0.1, -0.05) is 30.3 Å². The number of carbonyl (C=O) groups is 2. The van der Waals surface area contributed by atoms with Crippen LogP contribution in [0.2, 0.25) is 0 Å². The molecule has 1 N–H and O–H groups in total. The van der Waals surface area contributed by atoms with Crippen molar-refractivity contribution in [2.75, 3.05) is 6.54 Å². The second kappa shape index (κ2) is 5.73. The number of carboxylic acid groups (broad SMARTS) is 1. The Morgan fingerprint density at radius 1 is 1.37 bits per heavy atom. The van der Waals surface area contributed by atoms with Crippen LogP contribution in [0.5, 0.6) is 0 Å². The van der Waals surface area contributed by atoms with Crippen LogP contribution >= 0.6 is 0 Å². The van der Waals surface area contributed by atoms with Crippen LogP contribution in [-0.4, -0.2) is 34.7 Å². The van der Waals surface area contributed by atoms with Gasteiger partial charge in [-0.05, 0) is 18.9 Å². The van der Waals surface area contributed by atoms with Gasteiger partial charge in [0, 0.05) is 12.6 Å². The lowest BCUT2D eigenvalue weighted by Gasteiger charge is -2.22. The summed E-state index contributed by atoms with van der Waals surface area (Å²) in [6, 6.07) is 9.08. The predicted molar refractivity (Wildman–Crippen MR) is 68.5 cm³/mol. The van der Waals surface area contributed by atoms with Gasteiger partial charge < -0.3 is 14.7 Å². The molecule has 5 nitrogen and oxygen atoms in total. The zero-order valence-electron chi connectivity index (χ0n) is 10.8. The number of hydrogen-bond donors (Lipinski definition) is 1. The number of rotatable bonds is 3. The maximum absolute atomic E-state index is 11.9. The van der Waals surface area contributed by atoms with Gasteiger partial charge in [-0.25, -0.2) is 4.79 Å². The van der Waals surface area contributed by atoms with Crippen LogP contribution in [0.4, 0.5) is 4.79 Å². The molecule has 1 aliphatic rings. The Morgan fingerprint density at radius 3 is 2.63 bits per heavy atom. The van der Waals surface area contributed by atoms with E-state index in [4.69, 9.17) is 9.84 Å². The van der Waals surface area contributed by atoms with Crippen LogP contribution in [0.3, 0.4) is 0 Å². The lowest BCUT2D eigenvalue weighted by atomic mass is 10.0. The van der Waals surface area contributed by atoms with E-state index >= 15 is 0 Å². The summed E-state index contributed by atoms with van der Waals surface area (Å²) in [5, 5.41) is 9.01. The first-order chi connectivity index (χ1) is 9.09. The zero-order chi connectivity index (χ0) is 13.8. The third kappa shape index (κ3) is 3.05. The SMILES string of the molecule is C[C@H]1[C@H](C(=O)O)CCN1C(=O)OCc1ccccc1. The molecule has 1 aromatic carbocycles. The summed E-state index contributed by atoms with van der Waals surface area (Å²) in [5.41, 5.74) is 0.914. The van der Waals surface area contributed by atoms with Crippen LogP contribution in [0.1, 0.15) is 18.9 Å². The first-order valence-corrected chi connectivity index (χ1v) is 6.29. The van der Waals surface area contributed by atoms with E-state index in [1.807, 2.05) is 30.3 Å². The molecular weight excluding hydrogens is 246 g/mol. The van der Waals surface area contributed by atoms with Gasteiger partial charge in [0.05, 0.1) is 5.92 Å². The standard InChI is InChI=1S/C14H17NO4/c1-10-12(13(16)17)7-8-15(10)14(18)19-9-11-5-3-2-4-6-11/h2-6,10,12H,7-9H2,1H3,(H,16,17)/t10-,12+/m0/s1. The van der Waals surface area contributed by atoms with Crippen LogP contribution in [0.25, 0.3) is 0 Å². The van der Waals surface area contributed by atoms with E-state index in [0.29, 0.717) is 13.0 Å². The summed E-state index contributed by atoms with van der Waals surface area (Å²) in [4.78, 5) is 24.4. The highest BCUT2D eigenvalue weighted by Crippen LogP contribution is 2.25. The molecule has 1 fully saturated rings. The van der Waals surface area contributed by atoms with Crippen molar-refractivity contribution < 1.29 is 19.4 Å². The minimum absolute atomic E-state index is 0.209. The molecule has 0 aliphatic carbocycles. The number of carboxylic acids is 1. The molecule has 1 amide bonds. The average Bonchev–Trinajstić information content (AvgIpc) is 2.79. The summed E-state index contributed by atoms with van der Waals surface area (Å²) in [6.45, 7) is 2.39. The smallest absolute Gasteiger partial charge is 0.410 e. The van der Waals surface area contributed by atoms with Gasteiger partial charge in [-0.2, -0.15) is 0 Å². The molecule has 1 aliphatic heterocycles. The molecule has 0 spiro atoms. The first-order valence-electron chi connectivity index (χ1n) is 6.29. The summed E-state index contributed by atoms with van der Waals surface area (Å²) in [5.74, 6) is -1.35. The minimum atomic E-state index is -0.856. The number of likely N-dealkylation sites (tertiary alicyclic amines) is 1. The zero-order valence-corrected chi connectivity index (χ0v) is 10.8. The molecule has 1 saturated heterocycles. The molecule has 0 saturated carbocycles. The van der Waals surface area contributed by atoms with E-state index < -0.39 is 18.0 Å². The van der Waals surface area contributed by atoms with Crippen LogP contribution in [0, 0.1) is 5.92 Å². The lowest BCUT2D eigenvalue weighted by molar-refractivity contribution is -0.142. The molecule has 0 radical (unpaired) electrons. The Hall–Kier alpha value is -2.04. The van der Waals surface area contributed by atoms with Gasteiger partial charge in [-0.15, -0.1) is 0 Å². The van der Waals surface area contributed by atoms with Gasteiger partial charge >= 0.3 is 12.1 Å². The van der Waals surface area contributed by atoms with Crippen molar-refractivity contribution in [3.05, 3.63) is 35.9 Å². The topological polar surface area (TPSA) is 66.8 Å². The number of aliphatic carboxylic acids is 1. The second-order valence-corrected chi connectivity index (χ2v) is 4.71. The molecule has 2 rings (SSSR count). The van der Waals surface area contributed by atoms with Crippen molar-refractivity contribution in [3.8, 4) is 0 Å². The fraction of sp³-hybridized carbons (Fsp3) is 0.429. The van der Waals surface area contributed by atoms with Crippen molar-refractivity contribution >= 4 is 12.1 Å². The Kier molecular flexibility index (Phi) is 4.04. The Bertz CT molecular complexity index is 460. The van der Waals surface area contributed by atoms with Crippen molar-refractivity contribution in [1.82, 2.24) is 4.90 Å². The summed E-state index contributed by atoms with van der Waals surface area (Å²) in [6.07, 6.45) is 0.0387. The van der Waals surface area contributed by atoms with Crippen LogP contribution < -0.4 is 0 Å². The Balaban J connectivity index is 1.89. The molecule has 5 heteroatoms. The molecule has 0 unspecified atom stereocenters. The van der Waals surface area contributed by atoms with Crippen molar-refractivity contribution in [3.63, 3.8) is 0 Å². The molecule has 1 heterocycles. The highest BCUT2D eigenvalue weighted by atomic mass is 16.6. The Labute approximate surface area is 111 Å². The molecule has 0 bridgehead atoms. The second-order valence-electron chi connectivity index (χ2n) is 4.71. The first kappa shape index (κ1) is 13.4. The monoisotopic (exact) mass is 263 g/mol. The van der Waals surface area contributed by atoms with Crippen molar-refractivity contribution in [2.24, 2.45) is 5.92 Å². The van der Waals surface area contributed by atoms with Gasteiger partial charge in [0.25, 0.3) is 0 Å². The third-order valence-corrected chi connectivity index (χ3v) is 3.51. The predicted octanol–water partition coefficient (Wildman–Crippen LogP) is 2.12. The van der Waals surface area contributed by atoms with E-state index in [2.05, 4.69) is 0 Å². The maximum atomic E-state index is 11.9. The number of ether oxygens (including phenoxy) is 1. The summed E-state index contributed by atoms with van der Waals surface area (Å²) >= 11 is 0. The van der Waals surface area contributed by atoms with Gasteiger partial charge in [0.1, 0.15) is 6.61 Å². The fourth-order valence-electron chi connectivity index (χ4n) is 2.33. The molecular formula is C14H17NO4. The molecule has 2 atom stereocenters. The number of benzene rings is 1. The normalized spacial score (nSPS) is 22.3. The summed E-state index contributed by atoms with van der Waals surface area (Å²) < 4.78 is 5.20. The van der Waals surface area contributed by atoms with E-state index in [1.54, 1.807) is 6.92 Å². The Morgan fingerprint density at radius 2 is 2.05 bits per heavy atom. The van der Waals surface area contributed by atoms with Gasteiger partial charge in [-0.3, -0.25) is 4.79 Å². The maximum Gasteiger partial charge on any atom is 0.410 e. The molecule has 1 aromatic rings. The van der Waals surface area contributed by atoms with E-state index in [1.165, 1.54) is 4.90 Å². The highest BCUT2D eigenvalue weighted by Gasteiger charge is 2.38. The van der Waals surface area contributed by atoms with Crippen LogP contribution in [0.15, 0.2) is 30.3 Å². The lowest BCUT2D eigenvalue weighted by Crippen LogP contribution is -2.37. The minimum Gasteiger partial charge on any atom is -0.481 e. The quantitative estimate of drug-likeness (QED) is 0.907. The molecule has 19 heavy (non-hydrogen) atoms. The molecule has 0 aromatic heterocycles. The van der Waals surface area contributed by atoms with Gasteiger partial charge in [0.2, 0.25) is 0 Å². The average molecular weight is 263 g/mol. The third-order valence-electron chi connectivity index (χ3n) is 3.51. The van der Waals surface area contributed by atoms with E-state index in [9.17, 15) is 9.59 Å². The van der Waals surface area contributed by atoms with E-state index in [-0.39, 0.29) is 12.6 Å². The van der Waals surface area contributed by atoms with Crippen molar-refractivity contribution in [2.45, 2.75) is 26.0 Å². The number of amides is 1. The fourth-order valence-corrected chi connectivity index (χ4v) is 2.33. The highest BCUT2D eigenvalue weighted by molar-refractivity contribution is 5.75. The van der Waals surface area contributed by atoms with Crippen molar-refractivity contribution in [1.29, 1.82) is 0 Å². The number of carbonyl (C=O) groups excluding carboxylic acids is 1. The molecule has 102 valence electrons. The largest absolute Gasteiger partial charge is 0.481 e. The summed E-state index contributed by atoms with van der Waals surface area (Å²) in [7, 11) is 0. The van der Waals surface area contributed by atoms with Gasteiger partial charge in [0.15, 0.2) is 0 Å². The van der Waals surface area contributed by atoms with E-state index in [0.717, 1.165) is 5.56 Å². The number of hydrogen-bond acceptors (Lipinski definition) is 3.